The third kappa shape index (κ3) is 3.01. The molecule has 0 aliphatic rings. The van der Waals surface area contributed by atoms with Gasteiger partial charge >= 0.3 is 23.9 Å². The monoisotopic (exact) mass is 276 g/mol. The summed E-state index contributed by atoms with van der Waals surface area (Å²) in [5.74, 6) is -6.25. The number of carbonyl (C=O) groups excluding carboxylic acids is 4. The molecule has 0 saturated heterocycles. The zero-order valence-electron chi connectivity index (χ0n) is 11.3. The Morgan fingerprint density at radius 1 is 0.737 bits per heavy atom. The van der Waals surface area contributed by atoms with Crippen molar-refractivity contribution in [3.05, 3.63) is 0 Å². The molecule has 0 radical (unpaired) electrons. The Morgan fingerprint density at radius 3 is 1.26 bits per heavy atom. The number of esters is 4. The molecule has 0 aliphatic carbocycles. The maximum absolute atomic E-state index is 11.8. The van der Waals surface area contributed by atoms with Crippen molar-refractivity contribution in [2.45, 2.75) is 6.92 Å². The Labute approximate surface area is 109 Å². The molecule has 0 spiro atoms. The van der Waals surface area contributed by atoms with Crippen LogP contribution in [-0.2, 0) is 38.1 Å². The van der Waals surface area contributed by atoms with Gasteiger partial charge < -0.3 is 18.9 Å². The first-order valence-electron chi connectivity index (χ1n) is 5.13. The van der Waals surface area contributed by atoms with E-state index in [1.54, 1.807) is 0 Å². The van der Waals surface area contributed by atoms with E-state index >= 15 is 0 Å². The predicted molar refractivity (Wildman–Crippen MR) is 59.7 cm³/mol. The molecule has 0 N–H and O–H groups in total. The van der Waals surface area contributed by atoms with E-state index in [9.17, 15) is 19.2 Å². The second kappa shape index (κ2) is 6.72. The Kier molecular flexibility index (Phi) is 5.97. The van der Waals surface area contributed by atoms with Crippen molar-refractivity contribution < 1.29 is 38.1 Å². The van der Waals surface area contributed by atoms with Gasteiger partial charge in [-0.15, -0.1) is 0 Å². The van der Waals surface area contributed by atoms with Gasteiger partial charge in [-0.05, 0) is 6.92 Å². The van der Waals surface area contributed by atoms with Gasteiger partial charge in [0.2, 0.25) is 0 Å². The lowest BCUT2D eigenvalue weighted by Gasteiger charge is -2.28. The number of rotatable bonds is 5. The van der Waals surface area contributed by atoms with Gasteiger partial charge in [0, 0.05) is 0 Å². The van der Waals surface area contributed by atoms with Crippen LogP contribution in [0, 0.1) is 11.3 Å². The topological polar surface area (TPSA) is 105 Å². The fourth-order valence-electron chi connectivity index (χ4n) is 1.55. The highest BCUT2D eigenvalue weighted by Gasteiger charge is 2.58. The molecule has 0 amide bonds. The molecule has 0 aliphatic heterocycles. The van der Waals surface area contributed by atoms with Gasteiger partial charge in [0.1, 0.15) is 0 Å². The molecule has 108 valence electrons. The molecule has 8 nitrogen and oxygen atoms in total. The van der Waals surface area contributed by atoms with Crippen LogP contribution < -0.4 is 0 Å². The predicted octanol–water partition coefficient (Wildman–Crippen LogP) is -0.699. The van der Waals surface area contributed by atoms with Crippen LogP contribution in [0.3, 0.4) is 0 Å². The average Bonchev–Trinajstić information content (AvgIpc) is 2.44. The van der Waals surface area contributed by atoms with Crippen molar-refractivity contribution in [1.82, 2.24) is 0 Å². The molecule has 0 aromatic heterocycles. The van der Waals surface area contributed by atoms with Crippen molar-refractivity contribution in [1.29, 1.82) is 0 Å². The van der Waals surface area contributed by atoms with E-state index in [4.69, 9.17) is 0 Å². The average molecular weight is 276 g/mol. The lowest BCUT2D eigenvalue weighted by atomic mass is 9.76. The number of hydrogen-bond acceptors (Lipinski definition) is 8. The highest BCUT2D eigenvalue weighted by Crippen LogP contribution is 2.32. The van der Waals surface area contributed by atoms with E-state index in [-0.39, 0.29) is 0 Å². The van der Waals surface area contributed by atoms with Gasteiger partial charge in [-0.1, -0.05) is 0 Å². The largest absolute Gasteiger partial charge is 0.468 e. The summed E-state index contributed by atoms with van der Waals surface area (Å²) in [6.07, 6.45) is 0. The number of ether oxygens (including phenoxy) is 4. The molecule has 0 bridgehead atoms. The molecule has 0 saturated carbocycles. The summed E-state index contributed by atoms with van der Waals surface area (Å²) in [6.45, 7) is 1.04. The van der Waals surface area contributed by atoms with Crippen LogP contribution in [0.15, 0.2) is 0 Å². The van der Waals surface area contributed by atoms with Crippen molar-refractivity contribution in [3.63, 3.8) is 0 Å². The van der Waals surface area contributed by atoms with Crippen LogP contribution in [0.2, 0.25) is 0 Å². The summed E-state index contributed by atoms with van der Waals surface area (Å²) >= 11 is 0. The van der Waals surface area contributed by atoms with Crippen LogP contribution >= 0.6 is 0 Å². The Hall–Kier alpha value is -2.12. The van der Waals surface area contributed by atoms with Crippen LogP contribution in [0.5, 0.6) is 0 Å². The maximum Gasteiger partial charge on any atom is 0.324 e. The van der Waals surface area contributed by atoms with Gasteiger partial charge in [-0.2, -0.15) is 0 Å². The fourth-order valence-corrected chi connectivity index (χ4v) is 1.55. The Bertz CT molecular complexity index is 354. The summed E-state index contributed by atoms with van der Waals surface area (Å²) in [4.78, 5) is 46.9. The number of hydrogen-bond donors (Lipinski definition) is 0. The highest BCUT2D eigenvalue weighted by atomic mass is 16.6. The summed E-state index contributed by atoms with van der Waals surface area (Å²) in [5, 5.41) is 0. The van der Waals surface area contributed by atoms with Crippen molar-refractivity contribution in [2.75, 3.05) is 28.4 Å². The first-order chi connectivity index (χ1) is 8.80. The molecule has 19 heavy (non-hydrogen) atoms. The molecule has 8 heteroatoms. The number of carbonyl (C=O) groups is 4. The van der Waals surface area contributed by atoms with Gasteiger partial charge in [-0.25, -0.2) is 0 Å². The van der Waals surface area contributed by atoms with E-state index in [2.05, 4.69) is 18.9 Å². The zero-order valence-corrected chi connectivity index (χ0v) is 11.3. The van der Waals surface area contributed by atoms with E-state index < -0.39 is 35.2 Å². The van der Waals surface area contributed by atoms with E-state index in [0.717, 1.165) is 35.4 Å². The minimum Gasteiger partial charge on any atom is -0.468 e. The second-order valence-electron chi connectivity index (χ2n) is 3.66. The normalized spacial score (nSPS) is 10.6. The summed E-state index contributed by atoms with van der Waals surface area (Å²) in [7, 11) is 4.03. The molecule has 0 fully saturated rings. The Balaban J connectivity index is 5.89. The smallest absolute Gasteiger partial charge is 0.324 e. The maximum atomic E-state index is 11.8. The molecule has 0 unspecified atom stereocenters. The van der Waals surface area contributed by atoms with Gasteiger partial charge in [0.15, 0.2) is 11.3 Å². The van der Waals surface area contributed by atoms with E-state index in [0.29, 0.717) is 0 Å². The quantitative estimate of drug-likeness (QED) is 0.369. The lowest BCUT2D eigenvalue weighted by Crippen LogP contribution is -2.51. The first-order valence-corrected chi connectivity index (χ1v) is 5.13. The SMILES string of the molecule is COC(=O)C(C(=O)OC)C(C)(C(=O)OC)C(=O)OC. The lowest BCUT2D eigenvalue weighted by molar-refractivity contribution is -0.185. The third-order valence-corrected chi connectivity index (χ3v) is 2.67. The van der Waals surface area contributed by atoms with E-state index in [1.807, 2.05) is 0 Å². The molecule has 0 heterocycles. The molecular weight excluding hydrogens is 260 g/mol. The van der Waals surface area contributed by atoms with Crippen LogP contribution in [0.4, 0.5) is 0 Å². The van der Waals surface area contributed by atoms with E-state index in [1.165, 1.54) is 0 Å². The van der Waals surface area contributed by atoms with Crippen LogP contribution in [-0.4, -0.2) is 52.3 Å². The van der Waals surface area contributed by atoms with Crippen molar-refractivity contribution in [3.8, 4) is 0 Å². The van der Waals surface area contributed by atoms with Crippen molar-refractivity contribution in [2.24, 2.45) is 11.3 Å². The Morgan fingerprint density at radius 2 is 1.05 bits per heavy atom. The van der Waals surface area contributed by atoms with Gasteiger partial charge in [0.05, 0.1) is 28.4 Å². The van der Waals surface area contributed by atoms with Crippen molar-refractivity contribution >= 4 is 23.9 Å². The highest BCUT2D eigenvalue weighted by molar-refractivity contribution is 6.10. The molecule has 0 atom stereocenters. The molecule has 0 rings (SSSR count). The number of methoxy groups -OCH3 is 4. The molecule has 0 aromatic carbocycles. The standard InChI is InChI=1S/C11H16O8/c1-11(9(14)18-4,10(15)19-5)6(7(12)16-2)8(13)17-3/h6H,1-5H3. The minimum absolute atomic E-state index is 1.01. The van der Waals surface area contributed by atoms with Gasteiger partial charge in [-0.3, -0.25) is 19.2 Å². The van der Waals surface area contributed by atoms with Crippen LogP contribution in [0.25, 0.3) is 0 Å². The minimum atomic E-state index is -2.19. The summed E-state index contributed by atoms with van der Waals surface area (Å²) in [6, 6.07) is 0. The fraction of sp³-hybridized carbons (Fsp3) is 0.636. The second-order valence-corrected chi connectivity index (χ2v) is 3.66. The summed E-state index contributed by atoms with van der Waals surface area (Å²) in [5.41, 5.74) is -2.19. The van der Waals surface area contributed by atoms with Gasteiger partial charge in [0.25, 0.3) is 0 Å². The molecular formula is C11H16O8. The molecule has 0 aromatic rings. The first kappa shape index (κ1) is 16.9. The zero-order chi connectivity index (χ0) is 15.2. The summed E-state index contributed by atoms with van der Waals surface area (Å²) < 4.78 is 17.7. The third-order valence-electron chi connectivity index (χ3n) is 2.67. The van der Waals surface area contributed by atoms with Crippen LogP contribution in [0.1, 0.15) is 6.92 Å².